The number of nitrogens with two attached hydrogens (primary N) is 1. The summed E-state index contributed by atoms with van der Waals surface area (Å²) in [4.78, 5) is 4.40. The summed E-state index contributed by atoms with van der Waals surface area (Å²) in [6.45, 7) is 0.764. The van der Waals surface area contributed by atoms with Gasteiger partial charge in [0.05, 0.1) is 15.7 Å². The highest BCUT2D eigenvalue weighted by Gasteiger charge is 2.25. The molecule has 1 saturated carbocycles. The fraction of sp³-hybridized carbons (Fsp3) is 0.500. The number of thiazole rings is 1. The predicted octanol–water partition coefficient (Wildman–Crippen LogP) is 3.53. The lowest BCUT2D eigenvalue weighted by molar-refractivity contribution is 0.441. The summed E-state index contributed by atoms with van der Waals surface area (Å²) in [7, 11) is 0. The normalized spacial score (nSPS) is 18.9. The van der Waals surface area contributed by atoms with E-state index in [0.717, 1.165) is 18.0 Å². The summed E-state index contributed by atoms with van der Waals surface area (Å²) in [6.07, 6.45) is 5.44. The van der Waals surface area contributed by atoms with Crippen molar-refractivity contribution in [2.75, 3.05) is 6.54 Å². The molecule has 90 valence electrons. The molecule has 1 aromatic heterocycles. The molecule has 0 amide bonds. The van der Waals surface area contributed by atoms with Gasteiger partial charge in [-0.05, 0) is 48.9 Å². The number of aromatic nitrogens is 1. The molecule has 3 rings (SSSR count). The fourth-order valence-corrected chi connectivity index (χ4v) is 3.72. The van der Waals surface area contributed by atoms with Gasteiger partial charge in [-0.15, -0.1) is 11.3 Å². The lowest BCUT2D eigenvalue weighted by atomic mass is 9.85. The van der Waals surface area contributed by atoms with Crippen LogP contribution in [0.3, 0.4) is 0 Å². The van der Waals surface area contributed by atoms with Crippen molar-refractivity contribution in [1.29, 1.82) is 0 Å². The number of hydrogen-bond donors (Lipinski definition) is 1. The predicted molar refractivity (Wildman–Crippen MR) is 73.4 cm³/mol. The minimum atomic E-state index is 0.531. The Balaban J connectivity index is 1.93. The zero-order valence-electron chi connectivity index (χ0n) is 9.93. The minimum absolute atomic E-state index is 0.531. The molecule has 1 aromatic carbocycles. The summed E-state index contributed by atoms with van der Waals surface area (Å²) in [6, 6.07) is 6.68. The Morgan fingerprint density at radius 3 is 2.94 bits per heavy atom. The Kier molecular flexibility index (Phi) is 3.12. The van der Waals surface area contributed by atoms with Crippen LogP contribution in [0.5, 0.6) is 0 Å². The maximum absolute atomic E-state index is 5.99. The van der Waals surface area contributed by atoms with E-state index >= 15 is 0 Å². The van der Waals surface area contributed by atoms with Crippen molar-refractivity contribution in [3.05, 3.63) is 29.3 Å². The van der Waals surface area contributed by atoms with Crippen LogP contribution in [0.4, 0.5) is 0 Å². The Morgan fingerprint density at radius 1 is 1.35 bits per heavy atom. The summed E-state index contributed by atoms with van der Waals surface area (Å²) in [5.74, 6) is 1.32. The van der Waals surface area contributed by atoms with Crippen LogP contribution in [0.15, 0.2) is 23.7 Å². The van der Waals surface area contributed by atoms with Crippen molar-refractivity contribution in [1.82, 2.24) is 4.98 Å². The van der Waals surface area contributed by atoms with Gasteiger partial charge in [0, 0.05) is 0 Å². The number of nitrogens with zero attached hydrogens (tertiary/aromatic N) is 1. The molecule has 1 atom stereocenters. The lowest BCUT2D eigenvalue weighted by Gasteiger charge is -2.22. The van der Waals surface area contributed by atoms with Gasteiger partial charge >= 0.3 is 0 Å². The van der Waals surface area contributed by atoms with Crippen LogP contribution in [0.25, 0.3) is 10.2 Å². The first-order chi connectivity index (χ1) is 8.38. The number of fused-ring (bicyclic) bond motifs is 1. The molecule has 1 fully saturated rings. The van der Waals surface area contributed by atoms with E-state index in [1.807, 2.05) is 5.51 Å². The van der Waals surface area contributed by atoms with E-state index in [2.05, 4.69) is 23.2 Å². The summed E-state index contributed by atoms with van der Waals surface area (Å²) >= 11 is 1.71. The molecule has 1 unspecified atom stereocenters. The van der Waals surface area contributed by atoms with E-state index in [9.17, 15) is 0 Å². The molecule has 17 heavy (non-hydrogen) atoms. The van der Waals surface area contributed by atoms with E-state index in [1.54, 1.807) is 11.3 Å². The average molecular weight is 246 g/mol. The summed E-state index contributed by atoms with van der Waals surface area (Å²) in [5, 5.41) is 0. The van der Waals surface area contributed by atoms with Crippen molar-refractivity contribution in [2.24, 2.45) is 11.7 Å². The maximum Gasteiger partial charge on any atom is 0.0814 e. The molecule has 1 aliphatic rings. The second kappa shape index (κ2) is 4.75. The standard InChI is InChI=1S/C14H18N2S/c15-8-12(10-3-1-2-4-10)11-5-6-14-13(7-11)16-9-17-14/h5-7,9-10,12H,1-4,8,15H2. The van der Waals surface area contributed by atoms with Crippen LogP contribution < -0.4 is 5.73 Å². The topological polar surface area (TPSA) is 38.9 Å². The molecule has 2 aromatic rings. The van der Waals surface area contributed by atoms with Gasteiger partial charge in [0.25, 0.3) is 0 Å². The van der Waals surface area contributed by atoms with Crippen LogP contribution in [-0.4, -0.2) is 11.5 Å². The third-order valence-electron chi connectivity index (χ3n) is 4.01. The van der Waals surface area contributed by atoms with Gasteiger partial charge in [-0.1, -0.05) is 18.9 Å². The maximum atomic E-state index is 5.99. The monoisotopic (exact) mass is 246 g/mol. The van der Waals surface area contributed by atoms with Crippen molar-refractivity contribution >= 4 is 21.6 Å². The minimum Gasteiger partial charge on any atom is -0.330 e. The van der Waals surface area contributed by atoms with E-state index in [0.29, 0.717) is 5.92 Å². The van der Waals surface area contributed by atoms with E-state index < -0.39 is 0 Å². The van der Waals surface area contributed by atoms with Crippen molar-refractivity contribution < 1.29 is 0 Å². The van der Waals surface area contributed by atoms with Crippen molar-refractivity contribution in [3.8, 4) is 0 Å². The highest BCUT2D eigenvalue weighted by molar-refractivity contribution is 7.16. The fourth-order valence-electron chi connectivity index (χ4n) is 3.07. The van der Waals surface area contributed by atoms with Gasteiger partial charge in [-0.25, -0.2) is 4.98 Å². The number of hydrogen-bond acceptors (Lipinski definition) is 3. The van der Waals surface area contributed by atoms with Gasteiger partial charge in [0.2, 0.25) is 0 Å². The summed E-state index contributed by atoms with van der Waals surface area (Å²) in [5.41, 5.74) is 10.4. The summed E-state index contributed by atoms with van der Waals surface area (Å²) < 4.78 is 1.27. The Labute approximate surface area is 106 Å². The van der Waals surface area contributed by atoms with E-state index in [1.165, 1.54) is 35.9 Å². The molecule has 3 heteroatoms. The molecule has 0 bridgehead atoms. The number of benzene rings is 1. The first-order valence-electron chi connectivity index (χ1n) is 6.41. The molecule has 0 saturated heterocycles. The quantitative estimate of drug-likeness (QED) is 0.899. The third kappa shape index (κ3) is 2.09. The van der Waals surface area contributed by atoms with Crippen LogP contribution in [0.1, 0.15) is 37.2 Å². The van der Waals surface area contributed by atoms with Crippen LogP contribution >= 0.6 is 11.3 Å². The molecule has 0 aliphatic heterocycles. The highest BCUT2D eigenvalue weighted by Crippen LogP contribution is 2.37. The molecular formula is C14H18N2S. The van der Waals surface area contributed by atoms with Gasteiger partial charge in [0.1, 0.15) is 0 Å². The van der Waals surface area contributed by atoms with Gasteiger partial charge < -0.3 is 5.73 Å². The zero-order chi connectivity index (χ0) is 11.7. The van der Waals surface area contributed by atoms with E-state index in [4.69, 9.17) is 5.73 Å². The molecule has 1 heterocycles. The van der Waals surface area contributed by atoms with Crippen LogP contribution in [0, 0.1) is 5.92 Å². The smallest absolute Gasteiger partial charge is 0.0814 e. The molecule has 0 spiro atoms. The average Bonchev–Trinajstić information content (AvgIpc) is 2.99. The Hall–Kier alpha value is -0.930. The van der Waals surface area contributed by atoms with Crippen molar-refractivity contribution in [2.45, 2.75) is 31.6 Å². The van der Waals surface area contributed by atoms with Gasteiger partial charge in [-0.2, -0.15) is 0 Å². The third-order valence-corrected chi connectivity index (χ3v) is 4.82. The van der Waals surface area contributed by atoms with Gasteiger partial charge in [-0.3, -0.25) is 0 Å². The number of rotatable bonds is 3. The first-order valence-corrected chi connectivity index (χ1v) is 7.29. The molecule has 2 nitrogen and oxygen atoms in total. The lowest BCUT2D eigenvalue weighted by Crippen LogP contribution is -2.19. The first kappa shape index (κ1) is 11.2. The van der Waals surface area contributed by atoms with Crippen molar-refractivity contribution in [3.63, 3.8) is 0 Å². The second-order valence-corrected chi connectivity index (χ2v) is 5.85. The van der Waals surface area contributed by atoms with Gasteiger partial charge in [0.15, 0.2) is 0 Å². The SMILES string of the molecule is NCC(c1ccc2scnc2c1)C1CCCC1. The Bertz CT molecular complexity index is 500. The van der Waals surface area contributed by atoms with Crippen LogP contribution in [0.2, 0.25) is 0 Å². The zero-order valence-corrected chi connectivity index (χ0v) is 10.7. The molecular weight excluding hydrogens is 228 g/mol. The van der Waals surface area contributed by atoms with Crippen LogP contribution in [-0.2, 0) is 0 Å². The second-order valence-electron chi connectivity index (χ2n) is 4.97. The molecule has 2 N–H and O–H groups in total. The molecule has 0 radical (unpaired) electrons. The largest absolute Gasteiger partial charge is 0.330 e. The van der Waals surface area contributed by atoms with E-state index in [-0.39, 0.29) is 0 Å². The highest BCUT2D eigenvalue weighted by atomic mass is 32.1. The molecule has 1 aliphatic carbocycles. The Morgan fingerprint density at radius 2 is 2.18 bits per heavy atom.